The zero-order valence-electron chi connectivity index (χ0n) is 16.0. The summed E-state index contributed by atoms with van der Waals surface area (Å²) in [5.74, 6) is 1.28. The Morgan fingerprint density at radius 2 is 2.00 bits per heavy atom. The van der Waals surface area contributed by atoms with Crippen LogP contribution in [0.3, 0.4) is 0 Å². The van der Waals surface area contributed by atoms with Crippen molar-refractivity contribution in [1.29, 1.82) is 0 Å². The predicted molar refractivity (Wildman–Crippen MR) is 101 cm³/mol. The molecule has 0 aliphatic rings. The van der Waals surface area contributed by atoms with Crippen molar-refractivity contribution in [3.05, 3.63) is 41.0 Å². The SMILES string of the molecule is CCN(Cc1nc2cc(OC)c(OC)cc2c(=O)[nH]1)C(=O)CCn1cncn1. The summed E-state index contributed by atoms with van der Waals surface area (Å²) in [5.41, 5.74) is 0.176. The maximum absolute atomic E-state index is 12.5. The second-order valence-electron chi connectivity index (χ2n) is 6.05. The van der Waals surface area contributed by atoms with Crippen molar-refractivity contribution in [2.45, 2.75) is 26.4 Å². The third-order valence-corrected chi connectivity index (χ3v) is 4.36. The first-order chi connectivity index (χ1) is 13.5. The fourth-order valence-corrected chi connectivity index (χ4v) is 2.86. The Balaban J connectivity index is 1.81. The number of methoxy groups -OCH3 is 2. The molecule has 148 valence electrons. The molecule has 3 aromatic rings. The van der Waals surface area contributed by atoms with Crippen LogP contribution in [0.25, 0.3) is 10.9 Å². The van der Waals surface area contributed by atoms with Crippen LogP contribution in [-0.4, -0.2) is 56.3 Å². The summed E-state index contributed by atoms with van der Waals surface area (Å²) in [6, 6.07) is 3.24. The number of H-pyrrole nitrogens is 1. The Morgan fingerprint density at radius 1 is 1.25 bits per heavy atom. The van der Waals surface area contributed by atoms with E-state index < -0.39 is 0 Å². The number of benzene rings is 1. The number of nitrogens with zero attached hydrogens (tertiary/aromatic N) is 5. The third-order valence-electron chi connectivity index (χ3n) is 4.36. The first-order valence-corrected chi connectivity index (χ1v) is 8.80. The van der Waals surface area contributed by atoms with Gasteiger partial charge in [0.05, 0.1) is 38.2 Å². The van der Waals surface area contributed by atoms with E-state index in [1.165, 1.54) is 20.5 Å². The molecule has 0 spiro atoms. The van der Waals surface area contributed by atoms with Gasteiger partial charge >= 0.3 is 0 Å². The van der Waals surface area contributed by atoms with Crippen molar-refractivity contribution < 1.29 is 14.3 Å². The molecule has 1 amide bonds. The minimum absolute atomic E-state index is 0.0620. The fourth-order valence-electron chi connectivity index (χ4n) is 2.86. The lowest BCUT2D eigenvalue weighted by Gasteiger charge is -2.20. The van der Waals surface area contributed by atoms with Crippen LogP contribution in [0.15, 0.2) is 29.6 Å². The van der Waals surface area contributed by atoms with Crippen LogP contribution in [0, 0.1) is 0 Å². The van der Waals surface area contributed by atoms with Gasteiger partial charge in [0.25, 0.3) is 5.56 Å². The van der Waals surface area contributed by atoms with E-state index in [0.717, 1.165) is 0 Å². The van der Waals surface area contributed by atoms with Gasteiger partial charge in [-0.05, 0) is 13.0 Å². The number of carbonyl (C=O) groups excluding carboxylic acids is 1. The smallest absolute Gasteiger partial charge is 0.258 e. The van der Waals surface area contributed by atoms with Crippen molar-refractivity contribution in [3.63, 3.8) is 0 Å². The monoisotopic (exact) mass is 386 g/mol. The van der Waals surface area contributed by atoms with Gasteiger partial charge in [0.2, 0.25) is 5.91 Å². The molecule has 0 atom stereocenters. The lowest BCUT2D eigenvalue weighted by atomic mass is 10.2. The Hall–Kier alpha value is -3.43. The molecule has 0 unspecified atom stereocenters. The van der Waals surface area contributed by atoms with E-state index in [9.17, 15) is 9.59 Å². The average Bonchev–Trinajstić information content (AvgIpc) is 3.23. The van der Waals surface area contributed by atoms with Crippen molar-refractivity contribution >= 4 is 16.8 Å². The number of amides is 1. The van der Waals surface area contributed by atoms with Gasteiger partial charge in [0.1, 0.15) is 18.5 Å². The highest BCUT2D eigenvalue weighted by Gasteiger charge is 2.16. The Labute approximate surface area is 161 Å². The molecule has 10 heteroatoms. The van der Waals surface area contributed by atoms with E-state index in [2.05, 4.69) is 20.1 Å². The van der Waals surface area contributed by atoms with Crippen LogP contribution < -0.4 is 15.0 Å². The summed E-state index contributed by atoms with van der Waals surface area (Å²) >= 11 is 0. The molecule has 1 aromatic carbocycles. The van der Waals surface area contributed by atoms with Crippen LogP contribution in [0.2, 0.25) is 0 Å². The molecule has 2 aromatic heterocycles. The number of fused-ring (bicyclic) bond motifs is 1. The molecular formula is C18H22N6O4. The van der Waals surface area contributed by atoms with Crippen LogP contribution >= 0.6 is 0 Å². The van der Waals surface area contributed by atoms with Gasteiger partial charge in [-0.15, -0.1) is 0 Å². The normalized spacial score (nSPS) is 10.8. The number of ether oxygens (including phenoxy) is 2. The van der Waals surface area contributed by atoms with E-state index >= 15 is 0 Å². The van der Waals surface area contributed by atoms with E-state index in [0.29, 0.717) is 41.3 Å². The number of aryl methyl sites for hydroxylation is 1. The first-order valence-electron chi connectivity index (χ1n) is 8.80. The molecule has 0 bridgehead atoms. The lowest BCUT2D eigenvalue weighted by Crippen LogP contribution is -2.32. The number of carbonyl (C=O) groups is 1. The lowest BCUT2D eigenvalue weighted by molar-refractivity contribution is -0.132. The number of hydrogen-bond acceptors (Lipinski definition) is 7. The Bertz CT molecular complexity index is 1010. The maximum atomic E-state index is 12.5. The van der Waals surface area contributed by atoms with Crippen molar-refractivity contribution in [3.8, 4) is 11.5 Å². The molecule has 10 nitrogen and oxygen atoms in total. The number of aromatic amines is 1. The molecule has 2 heterocycles. The Kier molecular flexibility index (Phi) is 5.87. The molecular weight excluding hydrogens is 364 g/mol. The number of aromatic nitrogens is 5. The van der Waals surface area contributed by atoms with Crippen LogP contribution in [0.4, 0.5) is 0 Å². The molecule has 0 radical (unpaired) electrons. The van der Waals surface area contributed by atoms with Crippen molar-refractivity contribution in [1.82, 2.24) is 29.6 Å². The molecule has 28 heavy (non-hydrogen) atoms. The maximum Gasteiger partial charge on any atom is 0.258 e. The van der Waals surface area contributed by atoms with Gasteiger partial charge in [-0.2, -0.15) is 5.10 Å². The zero-order valence-corrected chi connectivity index (χ0v) is 16.0. The topological polar surface area (TPSA) is 115 Å². The number of rotatable bonds is 8. The van der Waals surface area contributed by atoms with E-state index in [1.807, 2.05) is 6.92 Å². The molecule has 0 saturated carbocycles. The van der Waals surface area contributed by atoms with E-state index in [4.69, 9.17) is 9.47 Å². The molecule has 0 aliphatic heterocycles. The summed E-state index contributed by atoms with van der Waals surface area (Å²) in [6.45, 7) is 3.00. The van der Waals surface area contributed by atoms with E-state index in [-0.39, 0.29) is 24.4 Å². The van der Waals surface area contributed by atoms with Crippen LogP contribution in [0.5, 0.6) is 11.5 Å². The number of nitrogens with one attached hydrogen (secondary N) is 1. The standard InChI is InChI=1S/C18H22N6O4/c1-4-23(17(25)5-6-24-11-19-10-20-24)9-16-21-13-8-15(28-3)14(27-2)7-12(13)18(26)22-16/h7-8,10-11H,4-6,9H2,1-3H3,(H,21,22,26). The molecule has 1 N–H and O–H groups in total. The van der Waals surface area contributed by atoms with Gasteiger partial charge < -0.3 is 19.4 Å². The van der Waals surface area contributed by atoms with Crippen LogP contribution in [-0.2, 0) is 17.9 Å². The minimum atomic E-state index is -0.299. The quantitative estimate of drug-likeness (QED) is 0.613. The highest BCUT2D eigenvalue weighted by molar-refractivity contribution is 5.82. The number of hydrogen-bond donors (Lipinski definition) is 1. The summed E-state index contributed by atoms with van der Waals surface area (Å²) in [7, 11) is 3.02. The Morgan fingerprint density at radius 3 is 2.64 bits per heavy atom. The van der Waals surface area contributed by atoms with Crippen molar-refractivity contribution in [2.75, 3.05) is 20.8 Å². The van der Waals surface area contributed by atoms with Crippen molar-refractivity contribution in [2.24, 2.45) is 0 Å². The molecule has 0 fully saturated rings. The zero-order chi connectivity index (χ0) is 20.1. The summed E-state index contributed by atoms with van der Waals surface area (Å²) in [5, 5.41) is 4.38. The van der Waals surface area contributed by atoms with Gasteiger partial charge in [0.15, 0.2) is 11.5 Å². The summed E-state index contributed by atoms with van der Waals surface area (Å²) in [4.78, 5) is 37.7. The molecule has 0 saturated heterocycles. The van der Waals surface area contributed by atoms with E-state index in [1.54, 1.807) is 28.0 Å². The fraction of sp³-hybridized carbons (Fsp3) is 0.389. The highest BCUT2D eigenvalue weighted by atomic mass is 16.5. The van der Waals surface area contributed by atoms with Gasteiger partial charge in [-0.1, -0.05) is 0 Å². The molecule has 0 aliphatic carbocycles. The third kappa shape index (κ3) is 4.11. The van der Waals surface area contributed by atoms with Gasteiger partial charge in [-0.3, -0.25) is 14.3 Å². The summed E-state index contributed by atoms with van der Waals surface area (Å²) < 4.78 is 12.1. The largest absolute Gasteiger partial charge is 0.493 e. The molecule has 3 rings (SSSR count). The second kappa shape index (κ2) is 8.51. The highest BCUT2D eigenvalue weighted by Crippen LogP contribution is 2.29. The van der Waals surface area contributed by atoms with Crippen LogP contribution in [0.1, 0.15) is 19.2 Å². The average molecular weight is 386 g/mol. The predicted octanol–water partition coefficient (Wildman–Crippen LogP) is 0.971. The first kappa shape index (κ1) is 19.3. The van der Waals surface area contributed by atoms with Gasteiger partial charge in [0, 0.05) is 19.0 Å². The van der Waals surface area contributed by atoms with Gasteiger partial charge in [-0.25, -0.2) is 9.97 Å². The minimum Gasteiger partial charge on any atom is -0.493 e. The summed E-state index contributed by atoms with van der Waals surface area (Å²) in [6.07, 6.45) is 3.27. The second-order valence-corrected chi connectivity index (χ2v) is 6.05.